The van der Waals surface area contributed by atoms with Crippen molar-refractivity contribution in [2.45, 2.75) is 64.7 Å². The van der Waals surface area contributed by atoms with Crippen molar-refractivity contribution in [3.05, 3.63) is 89.5 Å². The monoisotopic (exact) mass is 643 g/mol. The van der Waals surface area contributed by atoms with Gasteiger partial charge in [0, 0.05) is 30.8 Å². The maximum atomic E-state index is 13.5. The van der Waals surface area contributed by atoms with Crippen LogP contribution in [-0.4, -0.2) is 60.0 Å². The number of hydrogen-bond donors (Lipinski definition) is 7. The molecule has 47 heavy (non-hydrogen) atoms. The molecule has 0 fully saturated rings. The van der Waals surface area contributed by atoms with Gasteiger partial charge in [-0.05, 0) is 54.7 Å². The van der Waals surface area contributed by atoms with E-state index < -0.39 is 23.9 Å². The van der Waals surface area contributed by atoms with Crippen LogP contribution in [0.1, 0.15) is 56.8 Å². The number of nitrogens with zero attached hydrogens (tertiary/aromatic N) is 1. The minimum absolute atomic E-state index is 0.0526. The van der Waals surface area contributed by atoms with Gasteiger partial charge in [0.05, 0.1) is 18.3 Å². The summed E-state index contributed by atoms with van der Waals surface area (Å²) in [5.74, 6) is -1.66. The first kappa shape index (κ1) is 34.9. The molecule has 12 nitrogen and oxygen atoms in total. The Morgan fingerprint density at radius 1 is 0.915 bits per heavy atom. The molecule has 0 aromatic heterocycles. The van der Waals surface area contributed by atoms with Gasteiger partial charge in [-0.25, -0.2) is 10.4 Å². The molecule has 1 heterocycles. The second kappa shape index (κ2) is 16.1. The Morgan fingerprint density at radius 3 is 2.28 bits per heavy atom. The van der Waals surface area contributed by atoms with Gasteiger partial charge in [0.25, 0.3) is 5.91 Å². The number of nitrogen functional groups attached to an aromatic ring is 1. The standard InChI is InChI=1S/C35H45N7O5/c1-5-21(2)32(35(47)38-22(3)18-24-14-16-26(44)17-15-24)40-34(46)28(39-23(4)43)19-37-20-30(45)42-29-13-9-12-27(36)31(29)33(41-42)25-10-7-6-8-11-25/h6-17,21-22,28,32-33,37,41,44H,5,18-20,36H2,1-4H3,(H,38,47)(H,39,43)(H,40,46). The summed E-state index contributed by atoms with van der Waals surface area (Å²) < 4.78 is 0. The Hall–Kier alpha value is -4.94. The van der Waals surface area contributed by atoms with Crippen molar-refractivity contribution >= 4 is 35.0 Å². The number of carbonyl (C=O) groups excluding carboxylic acids is 4. The highest BCUT2D eigenvalue weighted by molar-refractivity contribution is 5.97. The Labute approximate surface area is 275 Å². The van der Waals surface area contributed by atoms with Crippen molar-refractivity contribution in [2.24, 2.45) is 5.92 Å². The van der Waals surface area contributed by atoms with Gasteiger partial charge >= 0.3 is 0 Å². The maximum Gasteiger partial charge on any atom is 0.255 e. The SMILES string of the molecule is CCC(C)C(NC(=O)C(CNCC(=O)N1NC(c2ccccc2)c2c(N)cccc21)NC(C)=O)C(=O)NC(C)Cc1ccc(O)cc1. The smallest absolute Gasteiger partial charge is 0.255 e. The van der Waals surface area contributed by atoms with Crippen LogP contribution in [0.4, 0.5) is 11.4 Å². The number of hydrogen-bond acceptors (Lipinski definition) is 8. The minimum Gasteiger partial charge on any atom is -0.508 e. The van der Waals surface area contributed by atoms with E-state index in [0.717, 1.165) is 16.7 Å². The molecular formula is C35H45N7O5. The molecule has 8 N–H and O–H groups in total. The number of amides is 4. The number of nitrogens with two attached hydrogens (primary N) is 1. The van der Waals surface area contributed by atoms with E-state index in [2.05, 4.69) is 26.7 Å². The molecule has 5 unspecified atom stereocenters. The molecule has 12 heteroatoms. The zero-order valence-electron chi connectivity index (χ0n) is 27.2. The molecule has 3 aromatic carbocycles. The van der Waals surface area contributed by atoms with Gasteiger partial charge in [-0.1, -0.05) is 68.8 Å². The number of phenols is 1. The van der Waals surface area contributed by atoms with Gasteiger partial charge < -0.3 is 32.1 Å². The van der Waals surface area contributed by atoms with E-state index in [4.69, 9.17) is 5.73 Å². The van der Waals surface area contributed by atoms with Crippen molar-refractivity contribution in [1.82, 2.24) is 26.7 Å². The summed E-state index contributed by atoms with van der Waals surface area (Å²) in [4.78, 5) is 52.3. The fraction of sp³-hybridized carbons (Fsp3) is 0.371. The first-order chi connectivity index (χ1) is 22.5. The van der Waals surface area contributed by atoms with Gasteiger partial charge in [0.2, 0.25) is 17.7 Å². The lowest BCUT2D eigenvalue weighted by atomic mass is 9.97. The van der Waals surface area contributed by atoms with Crippen molar-refractivity contribution < 1.29 is 24.3 Å². The van der Waals surface area contributed by atoms with Crippen LogP contribution in [-0.2, 0) is 25.6 Å². The molecule has 0 saturated heterocycles. The third kappa shape index (κ3) is 9.08. The van der Waals surface area contributed by atoms with Crippen molar-refractivity contribution in [1.29, 1.82) is 0 Å². The fourth-order valence-corrected chi connectivity index (χ4v) is 5.62. The van der Waals surface area contributed by atoms with Gasteiger partial charge in [0.15, 0.2) is 0 Å². The fourth-order valence-electron chi connectivity index (χ4n) is 5.62. The zero-order chi connectivity index (χ0) is 34.1. The number of aromatic hydroxyl groups is 1. The summed E-state index contributed by atoms with van der Waals surface area (Å²) in [7, 11) is 0. The number of hydrazine groups is 1. The van der Waals surface area contributed by atoms with E-state index in [1.807, 2.05) is 57.2 Å². The number of rotatable bonds is 14. The molecule has 4 rings (SSSR count). The van der Waals surface area contributed by atoms with Gasteiger partial charge in [-0.3, -0.25) is 19.2 Å². The highest BCUT2D eigenvalue weighted by Crippen LogP contribution is 2.40. The predicted molar refractivity (Wildman–Crippen MR) is 181 cm³/mol. The second-order valence-corrected chi connectivity index (χ2v) is 12.0. The summed E-state index contributed by atoms with van der Waals surface area (Å²) in [5.41, 5.74) is 13.5. The molecule has 0 aliphatic carbocycles. The largest absolute Gasteiger partial charge is 0.508 e. The topological polar surface area (TPSA) is 178 Å². The lowest BCUT2D eigenvalue weighted by Crippen LogP contribution is -2.59. The lowest BCUT2D eigenvalue weighted by molar-refractivity contribution is -0.132. The molecule has 4 amide bonds. The van der Waals surface area contributed by atoms with Crippen molar-refractivity contribution in [3.8, 4) is 5.75 Å². The number of phenolic OH excluding ortho intramolecular Hbond substituents is 1. The second-order valence-electron chi connectivity index (χ2n) is 12.0. The summed E-state index contributed by atoms with van der Waals surface area (Å²) in [6.07, 6.45) is 1.16. The molecule has 5 atom stereocenters. The number of carbonyl (C=O) groups is 4. The summed E-state index contributed by atoms with van der Waals surface area (Å²) in [6, 6.07) is 19.4. The van der Waals surface area contributed by atoms with Gasteiger partial charge in [-0.15, -0.1) is 0 Å². The third-order valence-corrected chi connectivity index (χ3v) is 8.27. The molecule has 3 aromatic rings. The molecule has 0 bridgehead atoms. The van der Waals surface area contributed by atoms with Crippen LogP contribution in [0.15, 0.2) is 72.8 Å². The van der Waals surface area contributed by atoms with E-state index in [1.165, 1.54) is 11.9 Å². The average Bonchev–Trinajstić information content (AvgIpc) is 3.45. The van der Waals surface area contributed by atoms with Gasteiger partial charge in [-0.2, -0.15) is 0 Å². The van der Waals surface area contributed by atoms with E-state index in [1.54, 1.807) is 36.4 Å². The van der Waals surface area contributed by atoms with E-state index in [0.29, 0.717) is 24.2 Å². The van der Waals surface area contributed by atoms with Crippen LogP contribution in [0, 0.1) is 5.92 Å². The van der Waals surface area contributed by atoms with Crippen LogP contribution < -0.4 is 37.4 Å². The quantitative estimate of drug-likeness (QED) is 0.131. The molecule has 1 aliphatic rings. The highest BCUT2D eigenvalue weighted by atomic mass is 16.3. The number of fused-ring (bicyclic) bond motifs is 1. The summed E-state index contributed by atoms with van der Waals surface area (Å²) >= 11 is 0. The van der Waals surface area contributed by atoms with Crippen molar-refractivity contribution in [3.63, 3.8) is 0 Å². The van der Waals surface area contributed by atoms with Crippen LogP contribution in [0.3, 0.4) is 0 Å². The normalized spacial score (nSPS) is 16.3. The molecule has 0 spiro atoms. The van der Waals surface area contributed by atoms with E-state index in [9.17, 15) is 24.3 Å². The van der Waals surface area contributed by atoms with Gasteiger partial charge in [0.1, 0.15) is 17.8 Å². The summed E-state index contributed by atoms with van der Waals surface area (Å²) in [6.45, 7) is 6.77. The predicted octanol–water partition coefficient (Wildman–Crippen LogP) is 2.29. The lowest BCUT2D eigenvalue weighted by Gasteiger charge is -2.28. The summed E-state index contributed by atoms with van der Waals surface area (Å²) in [5, 5.41) is 22.4. The Bertz CT molecular complexity index is 1550. The van der Waals surface area contributed by atoms with E-state index in [-0.39, 0.29) is 48.7 Å². The molecule has 250 valence electrons. The van der Waals surface area contributed by atoms with Crippen LogP contribution in [0.2, 0.25) is 0 Å². The first-order valence-corrected chi connectivity index (χ1v) is 15.9. The molecular weight excluding hydrogens is 598 g/mol. The Kier molecular flexibility index (Phi) is 11.9. The zero-order valence-corrected chi connectivity index (χ0v) is 27.2. The molecule has 1 aliphatic heterocycles. The number of nitrogens with one attached hydrogen (secondary N) is 5. The average molecular weight is 644 g/mol. The van der Waals surface area contributed by atoms with Crippen LogP contribution in [0.5, 0.6) is 5.75 Å². The number of anilines is 2. The van der Waals surface area contributed by atoms with Crippen LogP contribution in [0.25, 0.3) is 0 Å². The minimum atomic E-state index is -1.04. The number of benzene rings is 3. The Morgan fingerprint density at radius 2 is 1.62 bits per heavy atom. The van der Waals surface area contributed by atoms with Crippen molar-refractivity contribution in [2.75, 3.05) is 23.8 Å². The third-order valence-electron chi connectivity index (χ3n) is 8.27. The Balaban J connectivity index is 1.38. The molecule has 0 radical (unpaired) electrons. The molecule has 0 saturated carbocycles. The van der Waals surface area contributed by atoms with Crippen LogP contribution >= 0.6 is 0 Å². The highest BCUT2D eigenvalue weighted by Gasteiger charge is 2.35. The first-order valence-electron chi connectivity index (χ1n) is 15.9. The van der Waals surface area contributed by atoms with E-state index >= 15 is 0 Å². The maximum absolute atomic E-state index is 13.5.